The number of likely N-dealkylation sites (tertiary alicyclic amines) is 1. The topological polar surface area (TPSA) is 199 Å². The smallest absolute Gasteiger partial charge is 0.328 e. The Balaban J connectivity index is 1.91. The molecule has 2 heterocycles. The maximum Gasteiger partial charge on any atom is 0.328 e. The second-order valence-electron chi connectivity index (χ2n) is 9.72. The number of ether oxygens (including phenoxy) is 1. The van der Waals surface area contributed by atoms with Gasteiger partial charge < -0.3 is 15.4 Å². The molecule has 2 unspecified atom stereocenters. The first-order valence-corrected chi connectivity index (χ1v) is 14.5. The SMILES string of the molecule is CCOC(=O)C1CC(C)CCN1C(=O)[C@@H](CCCN=C(N)N[N+](=O)[O-])NS(=O)(=O)c1cccc2cc(C)cnc12. The van der Waals surface area contributed by atoms with E-state index in [0.29, 0.717) is 18.2 Å². The van der Waals surface area contributed by atoms with Gasteiger partial charge in [0.15, 0.2) is 5.03 Å². The normalized spacial score (nSPS) is 18.8. The van der Waals surface area contributed by atoms with Gasteiger partial charge in [-0.15, -0.1) is 0 Å². The molecule has 15 heteroatoms. The summed E-state index contributed by atoms with van der Waals surface area (Å²) in [6, 6.07) is 4.46. The third-order valence-electron chi connectivity index (χ3n) is 6.54. The van der Waals surface area contributed by atoms with Gasteiger partial charge in [-0.1, -0.05) is 24.5 Å². The number of hydrogen-bond donors (Lipinski definition) is 3. The van der Waals surface area contributed by atoms with E-state index in [0.717, 1.165) is 5.56 Å². The van der Waals surface area contributed by atoms with E-state index in [1.54, 1.807) is 30.7 Å². The molecule has 40 heavy (non-hydrogen) atoms. The molecule has 1 amide bonds. The van der Waals surface area contributed by atoms with Gasteiger partial charge in [-0.3, -0.25) is 9.78 Å². The van der Waals surface area contributed by atoms with Gasteiger partial charge >= 0.3 is 5.97 Å². The van der Waals surface area contributed by atoms with Crippen molar-refractivity contribution in [3.63, 3.8) is 0 Å². The number of amides is 1. The number of pyridine rings is 1. The number of nitro groups is 1. The van der Waals surface area contributed by atoms with Crippen molar-refractivity contribution in [3.05, 3.63) is 46.1 Å². The molecule has 1 fully saturated rings. The van der Waals surface area contributed by atoms with E-state index in [9.17, 15) is 28.1 Å². The fourth-order valence-corrected chi connectivity index (χ4v) is 6.04. The highest BCUT2D eigenvalue weighted by atomic mass is 32.2. The number of fused-ring (bicyclic) bond motifs is 1. The molecule has 1 aromatic carbocycles. The first-order chi connectivity index (χ1) is 18.9. The molecule has 1 aromatic heterocycles. The number of para-hydroxylation sites is 1. The number of sulfonamides is 1. The number of piperidine rings is 1. The van der Waals surface area contributed by atoms with E-state index in [4.69, 9.17) is 10.5 Å². The van der Waals surface area contributed by atoms with Crippen LogP contribution in [0.5, 0.6) is 0 Å². The number of carbonyl (C=O) groups is 2. The van der Waals surface area contributed by atoms with E-state index >= 15 is 0 Å². The summed E-state index contributed by atoms with van der Waals surface area (Å²) >= 11 is 0. The number of rotatable bonds is 11. The summed E-state index contributed by atoms with van der Waals surface area (Å²) in [7, 11) is -4.25. The van der Waals surface area contributed by atoms with Gasteiger partial charge in [0.25, 0.3) is 5.96 Å². The fourth-order valence-electron chi connectivity index (χ4n) is 4.63. The molecule has 0 spiro atoms. The Labute approximate surface area is 232 Å². The van der Waals surface area contributed by atoms with Crippen LogP contribution in [0.2, 0.25) is 0 Å². The van der Waals surface area contributed by atoms with Crippen molar-refractivity contribution in [2.45, 2.75) is 63.4 Å². The number of esters is 1. The number of aliphatic imine (C=N–C) groups is 1. The summed E-state index contributed by atoms with van der Waals surface area (Å²) in [4.78, 5) is 46.5. The Hall–Kier alpha value is -3.85. The molecule has 4 N–H and O–H groups in total. The zero-order chi connectivity index (χ0) is 29.4. The van der Waals surface area contributed by atoms with Gasteiger partial charge in [-0.2, -0.15) is 4.72 Å². The molecule has 0 saturated carbocycles. The van der Waals surface area contributed by atoms with E-state index < -0.39 is 45.0 Å². The van der Waals surface area contributed by atoms with Crippen LogP contribution in [0.25, 0.3) is 10.9 Å². The monoisotopic (exact) mass is 577 g/mol. The van der Waals surface area contributed by atoms with Crippen LogP contribution in [0.1, 0.15) is 45.1 Å². The zero-order valence-corrected chi connectivity index (χ0v) is 23.5. The predicted octanol–water partition coefficient (Wildman–Crippen LogP) is 1.26. The lowest BCUT2D eigenvalue weighted by molar-refractivity contribution is -0.525. The Kier molecular flexibility index (Phi) is 10.3. The van der Waals surface area contributed by atoms with E-state index in [2.05, 4.69) is 14.7 Å². The van der Waals surface area contributed by atoms with Crippen LogP contribution >= 0.6 is 0 Å². The third-order valence-corrected chi connectivity index (χ3v) is 8.04. The molecule has 0 aliphatic carbocycles. The minimum absolute atomic E-state index is 0.00773. The van der Waals surface area contributed by atoms with Crippen LogP contribution in [0.3, 0.4) is 0 Å². The Morgan fingerprint density at radius 2 is 2.12 bits per heavy atom. The lowest BCUT2D eigenvalue weighted by Gasteiger charge is -2.38. The van der Waals surface area contributed by atoms with Crippen molar-refractivity contribution in [1.29, 1.82) is 0 Å². The highest BCUT2D eigenvalue weighted by Crippen LogP contribution is 2.26. The molecule has 3 atom stereocenters. The molecular formula is C25H35N7O7S. The second kappa shape index (κ2) is 13.5. The van der Waals surface area contributed by atoms with Crippen molar-refractivity contribution in [2.24, 2.45) is 16.6 Å². The fraction of sp³-hybridized carbons (Fsp3) is 0.520. The molecular weight excluding hydrogens is 542 g/mol. The molecule has 2 aromatic rings. The second-order valence-corrected chi connectivity index (χ2v) is 11.4. The predicted molar refractivity (Wildman–Crippen MR) is 147 cm³/mol. The first-order valence-electron chi connectivity index (χ1n) is 13.0. The van der Waals surface area contributed by atoms with Gasteiger partial charge in [-0.25, -0.2) is 28.3 Å². The number of benzene rings is 1. The number of aromatic nitrogens is 1. The summed E-state index contributed by atoms with van der Waals surface area (Å²) in [5.74, 6) is -1.36. The summed E-state index contributed by atoms with van der Waals surface area (Å²) in [6.45, 7) is 5.89. The minimum atomic E-state index is -4.25. The van der Waals surface area contributed by atoms with Crippen LogP contribution in [0, 0.1) is 23.0 Å². The lowest BCUT2D eigenvalue weighted by atomic mass is 9.91. The average Bonchev–Trinajstić information content (AvgIpc) is 2.89. The van der Waals surface area contributed by atoms with Crippen LogP contribution in [-0.2, 0) is 24.3 Å². The number of hydrogen-bond acceptors (Lipinski definition) is 9. The van der Waals surface area contributed by atoms with Crippen molar-refractivity contribution < 1.29 is 27.8 Å². The Morgan fingerprint density at radius 3 is 2.83 bits per heavy atom. The third kappa shape index (κ3) is 7.85. The molecule has 14 nitrogen and oxygen atoms in total. The average molecular weight is 578 g/mol. The largest absolute Gasteiger partial charge is 0.464 e. The van der Waals surface area contributed by atoms with Gasteiger partial charge in [0.1, 0.15) is 17.0 Å². The molecule has 1 aliphatic rings. The van der Waals surface area contributed by atoms with Gasteiger partial charge in [0, 0.05) is 24.7 Å². The van der Waals surface area contributed by atoms with Gasteiger partial charge in [0.2, 0.25) is 15.9 Å². The van der Waals surface area contributed by atoms with Crippen LogP contribution in [0.4, 0.5) is 0 Å². The number of nitrogens with one attached hydrogen (secondary N) is 2. The maximum absolute atomic E-state index is 13.8. The molecule has 0 bridgehead atoms. The van der Waals surface area contributed by atoms with E-state index in [1.807, 2.05) is 19.9 Å². The lowest BCUT2D eigenvalue weighted by Crippen LogP contribution is -2.56. The van der Waals surface area contributed by atoms with E-state index in [-0.39, 0.29) is 48.9 Å². The minimum Gasteiger partial charge on any atom is -0.464 e. The summed E-state index contributed by atoms with van der Waals surface area (Å²) in [6.07, 6.45) is 2.75. The van der Waals surface area contributed by atoms with Crippen molar-refractivity contribution in [2.75, 3.05) is 19.7 Å². The number of hydrazine groups is 1. The van der Waals surface area contributed by atoms with Gasteiger partial charge in [-0.05, 0) is 63.1 Å². The van der Waals surface area contributed by atoms with Gasteiger partial charge in [0.05, 0.1) is 12.1 Å². The van der Waals surface area contributed by atoms with E-state index in [1.165, 1.54) is 11.0 Å². The maximum atomic E-state index is 13.8. The first kappa shape index (κ1) is 30.7. The summed E-state index contributed by atoms with van der Waals surface area (Å²) in [5, 5.41) is 10.3. The number of nitrogens with zero attached hydrogens (tertiary/aromatic N) is 4. The number of nitrogens with two attached hydrogens (primary N) is 1. The Bertz CT molecular complexity index is 1380. The zero-order valence-electron chi connectivity index (χ0n) is 22.7. The molecule has 1 saturated heterocycles. The van der Waals surface area contributed by atoms with Crippen molar-refractivity contribution >= 4 is 38.8 Å². The summed E-state index contributed by atoms with van der Waals surface area (Å²) in [5.41, 5.74) is 8.30. The molecule has 0 radical (unpaired) electrons. The highest BCUT2D eigenvalue weighted by molar-refractivity contribution is 7.89. The number of aryl methyl sites for hydroxylation is 1. The standard InChI is InChI=1S/C25H35N7O7S/c1-4-39-24(34)20-14-16(2)10-12-31(20)23(33)19(8-6-11-27-25(26)29-32(35)36)30-40(37,38)21-9-5-7-18-13-17(3)15-28-22(18)21/h5,7,9,13,15-16,19-20,30H,4,6,8,10-12,14H2,1-3H3,(H3,26,27,29)/t16?,19-,20?/m1/s1. The van der Waals surface area contributed by atoms with Crippen molar-refractivity contribution in [1.82, 2.24) is 20.0 Å². The summed E-state index contributed by atoms with van der Waals surface area (Å²) < 4.78 is 35.0. The van der Waals surface area contributed by atoms with Crippen molar-refractivity contribution in [3.8, 4) is 0 Å². The van der Waals surface area contributed by atoms with Crippen LogP contribution in [0.15, 0.2) is 40.4 Å². The Morgan fingerprint density at radius 1 is 1.38 bits per heavy atom. The number of carbonyl (C=O) groups excluding carboxylic acids is 2. The molecule has 218 valence electrons. The van der Waals surface area contributed by atoms with Crippen LogP contribution in [-0.4, -0.2) is 73.0 Å². The quantitative estimate of drug-likeness (QED) is 0.0872. The van der Waals surface area contributed by atoms with Crippen LogP contribution < -0.4 is 15.9 Å². The molecule has 3 rings (SSSR count). The number of guanidine groups is 1. The molecule has 1 aliphatic heterocycles. The highest BCUT2D eigenvalue weighted by Gasteiger charge is 2.39.